The predicted octanol–water partition coefficient (Wildman–Crippen LogP) is 5.69. The van der Waals surface area contributed by atoms with E-state index in [1.807, 2.05) is 37.6 Å². The van der Waals surface area contributed by atoms with Crippen LogP contribution in [0.15, 0.2) is 40.8 Å². The minimum absolute atomic E-state index is 0.137. The van der Waals surface area contributed by atoms with Gasteiger partial charge in [0.1, 0.15) is 24.0 Å². The normalized spacial score (nSPS) is 12.3. The molecule has 4 rings (SSSR count). The Labute approximate surface area is 153 Å². The molecule has 0 aliphatic heterocycles. The maximum atomic E-state index is 14.1. The first-order valence-corrected chi connectivity index (χ1v) is 8.26. The molecule has 0 amide bonds. The maximum Gasteiger partial charge on any atom is 0.264 e. The number of fused-ring (bicyclic) bond motifs is 3. The lowest BCUT2D eigenvalue weighted by molar-refractivity contribution is -0.666. The monoisotopic (exact) mass is 347 g/mol. The van der Waals surface area contributed by atoms with E-state index < -0.39 is 5.82 Å². The third kappa shape index (κ3) is 2.21. The number of furan rings is 1. The van der Waals surface area contributed by atoms with Crippen LogP contribution in [-0.2, 0) is 7.05 Å². The number of halogens is 1. The molecule has 0 saturated heterocycles. The van der Waals surface area contributed by atoms with Gasteiger partial charge < -0.3 is 4.42 Å². The quantitative estimate of drug-likeness (QED) is 0.320. The first-order chi connectivity index (χ1) is 13.3. The molecule has 0 atom stereocenters. The zero-order chi connectivity index (χ0) is 20.3. The van der Waals surface area contributed by atoms with Crippen LogP contribution in [0.1, 0.15) is 19.6 Å². The fourth-order valence-electron chi connectivity index (χ4n) is 3.41. The molecule has 0 N–H and O–H groups in total. The Morgan fingerprint density at radius 3 is 2.50 bits per heavy atom. The van der Waals surface area contributed by atoms with Crippen LogP contribution < -0.4 is 4.57 Å². The Morgan fingerprint density at radius 1 is 1.08 bits per heavy atom. The van der Waals surface area contributed by atoms with Crippen molar-refractivity contribution in [3.05, 3.63) is 70.4 Å². The third-order valence-electron chi connectivity index (χ3n) is 4.80. The highest BCUT2D eigenvalue weighted by atomic mass is 19.1. The molecule has 0 spiro atoms. The van der Waals surface area contributed by atoms with Crippen molar-refractivity contribution in [3.8, 4) is 11.3 Å². The van der Waals surface area contributed by atoms with Crippen molar-refractivity contribution in [2.24, 2.45) is 7.05 Å². The highest BCUT2D eigenvalue weighted by molar-refractivity contribution is 6.12. The predicted molar refractivity (Wildman–Crippen MR) is 101 cm³/mol. The topological polar surface area (TPSA) is 21.4 Å². The molecule has 0 saturated carbocycles. The van der Waals surface area contributed by atoms with Gasteiger partial charge in [0.05, 0.1) is 14.9 Å². The molecule has 2 aromatic heterocycles. The van der Waals surface area contributed by atoms with Crippen molar-refractivity contribution < 1.29 is 16.1 Å². The van der Waals surface area contributed by atoms with Crippen LogP contribution in [0.25, 0.3) is 38.0 Å². The van der Waals surface area contributed by atoms with Crippen LogP contribution in [0.2, 0.25) is 0 Å². The van der Waals surface area contributed by atoms with Crippen LogP contribution in [0.3, 0.4) is 0 Å². The number of hydrogen-bond acceptors (Lipinski definition) is 1. The van der Waals surface area contributed by atoms with Gasteiger partial charge in [0.2, 0.25) is 5.69 Å². The minimum atomic E-state index is -0.614. The molecule has 0 radical (unpaired) electrons. The lowest BCUT2D eigenvalue weighted by atomic mass is 9.99. The standard InChI is InChI=1S/C22H18FN2O/c1-12-10-14(3)25(5)18(11-12)19-13(2)6-7-15-16-8-9-17(23)20(24-4)22(16)26-21(15)19/h6-11H,1-3,5H3/q+1/i10D,11D. The van der Waals surface area contributed by atoms with Crippen molar-refractivity contribution in [1.29, 1.82) is 0 Å². The molecular formula is C22H18FN2O+. The van der Waals surface area contributed by atoms with E-state index >= 15 is 0 Å². The van der Waals surface area contributed by atoms with Gasteiger partial charge in [0.25, 0.3) is 5.69 Å². The van der Waals surface area contributed by atoms with Gasteiger partial charge in [-0.1, -0.05) is 18.2 Å². The molecule has 0 aliphatic rings. The molecule has 4 aromatic rings. The number of aromatic nitrogens is 1. The first-order valence-electron chi connectivity index (χ1n) is 9.26. The molecule has 3 nitrogen and oxygen atoms in total. The summed E-state index contributed by atoms with van der Waals surface area (Å²) in [5, 5.41) is 1.44. The largest absolute Gasteiger partial charge is 0.466 e. The lowest BCUT2D eigenvalue weighted by Crippen LogP contribution is -2.35. The van der Waals surface area contributed by atoms with E-state index in [4.69, 9.17) is 13.7 Å². The molecule has 0 aliphatic carbocycles. The Morgan fingerprint density at radius 2 is 1.77 bits per heavy atom. The van der Waals surface area contributed by atoms with Gasteiger partial charge in [-0.05, 0) is 31.0 Å². The molecule has 26 heavy (non-hydrogen) atoms. The smallest absolute Gasteiger partial charge is 0.264 e. The first kappa shape index (κ1) is 14.0. The van der Waals surface area contributed by atoms with Gasteiger partial charge in [0, 0.05) is 29.8 Å². The van der Waals surface area contributed by atoms with Gasteiger partial charge in [-0.25, -0.2) is 9.24 Å². The third-order valence-corrected chi connectivity index (χ3v) is 4.80. The molecule has 0 fully saturated rings. The van der Waals surface area contributed by atoms with Gasteiger partial charge in [-0.3, -0.25) is 0 Å². The lowest BCUT2D eigenvalue weighted by Gasteiger charge is -2.08. The maximum absolute atomic E-state index is 14.1. The second-order valence-electron chi connectivity index (χ2n) is 6.49. The second-order valence-corrected chi connectivity index (χ2v) is 6.49. The molecule has 2 aromatic carbocycles. The van der Waals surface area contributed by atoms with Crippen LogP contribution in [0, 0.1) is 33.2 Å². The number of aryl methyl sites for hydroxylation is 1. The Balaban J connectivity index is 2.23. The van der Waals surface area contributed by atoms with E-state index in [0.717, 1.165) is 22.2 Å². The highest BCUT2D eigenvalue weighted by Crippen LogP contribution is 2.41. The molecular weight excluding hydrogens is 327 g/mol. The summed E-state index contributed by atoms with van der Waals surface area (Å²) < 4.78 is 38.8. The summed E-state index contributed by atoms with van der Waals surface area (Å²) in [4.78, 5) is 3.31. The molecule has 4 heteroatoms. The van der Waals surface area contributed by atoms with Crippen molar-refractivity contribution in [1.82, 2.24) is 0 Å². The van der Waals surface area contributed by atoms with Crippen molar-refractivity contribution in [3.63, 3.8) is 0 Å². The second kappa shape index (κ2) is 5.67. The van der Waals surface area contributed by atoms with E-state index in [1.165, 1.54) is 6.07 Å². The number of nitrogens with zero attached hydrogens (tertiary/aromatic N) is 2. The summed E-state index contributed by atoms with van der Waals surface area (Å²) >= 11 is 0. The van der Waals surface area contributed by atoms with E-state index in [-0.39, 0.29) is 17.3 Å². The highest BCUT2D eigenvalue weighted by Gasteiger charge is 2.23. The van der Waals surface area contributed by atoms with E-state index in [0.29, 0.717) is 28.3 Å². The summed E-state index contributed by atoms with van der Waals surface area (Å²) in [6, 6.07) is 7.33. The van der Waals surface area contributed by atoms with E-state index in [2.05, 4.69) is 4.85 Å². The zero-order valence-electron chi connectivity index (χ0n) is 17.0. The average Bonchev–Trinajstić information content (AvgIpc) is 3.05. The fraction of sp³-hybridized carbons (Fsp3) is 0.182. The molecule has 0 unspecified atom stereocenters. The summed E-state index contributed by atoms with van der Waals surface area (Å²) in [7, 11) is 1.82. The number of pyridine rings is 1. The van der Waals surface area contributed by atoms with Gasteiger partial charge in [-0.15, -0.1) is 0 Å². The van der Waals surface area contributed by atoms with Crippen LogP contribution in [0.4, 0.5) is 10.1 Å². The van der Waals surface area contributed by atoms with Crippen molar-refractivity contribution in [2.45, 2.75) is 20.8 Å². The summed E-state index contributed by atoms with van der Waals surface area (Å²) in [6.45, 7) is 12.9. The van der Waals surface area contributed by atoms with Crippen molar-refractivity contribution >= 4 is 27.6 Å². The van der Waals surface area contributed by atoms with Crippen LogP contribution >= 0.6 is 0 Å². The van der Waals surface area contributed by atoms with Crippen molar-refractivity contribution in [2.75, 3.05) is 0 Å². The molecule has 128 valence electrons. The SMILES string of the molecule is [2H]c1c(C)c([2H])c(-c2c(C)ccc3c2oc2c([N+]#[C-])c(F)ccc23)[n+](C)c1C. The molecule has 2 heterocycles. The zero-order valence-corrected chi connectivity index (χ0v) is 15.0. The number of rotatable bonds is 1. The van der Waals surface area contributed by atoms with Crippen LogP contribution in [-0.4, -0.2) is 0 Å². The summed E-state index contributed by atoms with van der Waals surface area (Å²) in [5.74, 6) is -0.614. The van der Waals surface area contributed by atoms with Gasteiger partial charge in [0.15, 0.2) is 5.69 Å². The van der Waals surface area contributed by atoms with Gasteiger partial charge >= 0.3 is 0 Å². The Kier molecular flexibility index (Phi) is 3.06. The summed E-state index contributed by atoms with van der Waals surface area (Å²) in [5.41, 5.74) is 4.19. The molecule has 0 bridgehead atoms. The van der Waals surface area contributed by atoms with E-state index in [1.54, 1.807) is 13.0 Å². The minimum Gasteiger partial charge on any atom is -0.466 e. The summed E-state index contributed by atoms with van der Waals surface area (Å²) in [6.07, 6.45) is 0. The fourth-order valence-corrected chi connectivity index (χ4v) is 3.41. The van der Waals surface area contributed by atoms with Gasteiger partial charge in [-0.2, -0.15) is 4.57 Å². The average molecular weight is 347 g/mol. The number of hydrogen-bond donors (Lipinski definition) is 0. The Bertz CT molecular complexity index is 1320. The number of benzene rings is 2. The Hall–Kier alpha value is -3.19. The van der Waals surface area contributed by atoms with E-state index in [9.17, 15) is 4.39 Å². The van der Waals surface area contributed by atoms with Crippen LogP contribution in [0.5, 0.6) is 0 Å².